The van der Waals surface area contributed by atoms with Gasteiger partial charge in [0.05, 0.1) is 5.41 Å². The molecule has 0 spiro atoms. The average Bonchev–Trinajstić information content (AvgIpc) is 2.89. The number of ether oxygens (including phenoxy) is 1. The number of piperidine rings is 1. The van der Waals surface area contributed by atoms with Gasteiger partial charge < -0.3 is 14.7 Å². The van der Waals surface area contributed by atoms with E-state index in [2.05, 4.69) is 30.0 Å². The van der Waals surface area contributed by atoms with Crippen molar-refractivity contribution in [1.82, 2.24) is 4.90 Å². The summed E-state index contributed by atoms with van der Waals surface area (Å²) in [4.78, 5) is 13.7. The van der Waals surface area contributed by atoms with Crippen LogP contribution in [0.25, 0.3) is 5.57 Å². The van der Waals surface area contributed by atoms with E-state index < -0.39 is 11.4 Å². The van der Waals surface area contributed by atoms with E-state index in [-0.39, 0.29) is 5.82 Å². The van der Waals surface area contributed by atoms with Gasteiger partial charge in [-0.2, -0.15) is 0 Å². The minimum atomic E-state index is -0.753. The van der Waals surface area contributed by atoms with Crippen molar-refractivity contribution in [2.45, 2.75) is 46.6 Å². The van der Waals surface area contributed by atoms with Crippen LogP contribution >= 0.6 is 0 Å². The van der Waals surface area contributed by atoms with Gasteiger partial charge in [-0.1, -0.05) is 29.3 Å². The molecule has 1 fully saturated rings. The van der Waals surface area contributed by atoms with E-state index in [4.69, 9.17) is 4.74 Å². The fourth-order valence-corrected chi connectivity index (χ4v) is 4.43. The molecular formula is C26H30FNO3. The Hall–Kier alpha value is -2.66. The molecule has 0 amide bonds. The molecule has 1 saturated heterocycles. The summed E-state index contributed by atoms with van der Waals surface area (Å²) in [5.74, 6) is -0.288. The second kappa shape index (κ2) is 8.46. The molecule has 0 aliphatic carbocycles. The van der Waals surface area contributed by atoms with Gasteiger partial charge >= 0.3 is 5.97 Å². The first-order valence-electron chi connectivity index (χ1n) is 10.9. The molecule has 5 heteroatoms. The molecule has 31 heavy (non-hydrogen) atoms. The van der Waals surface area contributed by atoms with Crippen molar-refractivity contribution in [3.05, 3.63) is 70.0 Å². The van der Waals surface area contributed by atoms with Crippen LogP contribution in [0.5, 0.6) is 5.75 Å². The number of nitrogens with zero attached hydrogens (tertiary/aromatic N) is 1. The molecule has 164 valence electrons. The number of halogens is 1. The zero-order valence-corrected chi connectivity index (χ0v) is 18.5. The third kappa shape index (κ3) is 4.52. The number of hydrogen-bond donors (Lipinski definition) is 1. The predicted molar refractivity (Wildman–Crippen MR) is 120 cm³/mol. The Labute approximate surface area is 183 Å². The first-order valence-corrected chi connectivity index (χ1v) is 10.9. The number of carboxylic acids is 1. The van der Waals surface area contributed by atoms with Gasteiger partial charge in [-0.15, -0.1) is 0 Å². The number of carboxylic acid groups (broad SMARTS) is 1. The maximum absolute atomic E-state index is 14.2. The second-order valence-electron chi connectivity index (χ2n) is 9.35. The largest absolute Gasteiger partial charge is 0.488 e. The first-order chi connectivity index (χ1) is 14.7. The molecule has 0 unspecified atom stereocenters. The molecule has 2 heterocycles. The lowest BCUT2D eigenvalue weighted by Gasteiger charge is -2.32. The minimum absolute atomic E-state index is 0.260. The number of aryl methyl sites for hydroxylation is 1. The first kappa shape index (κ1) is 21.6. The van der Waals surface area contributed by atoms with Gasteiger partial charge in [-0.05, 0) is 81.5 Å². The number of rotatable bonds is 4. The Balaban J connectivity index is 1.64. The lowest BCUT2D eigenvalue weighted by molar-refractivity contribution is -0.147. The van der Waals surface area contributed by atoms with Crippen molar-refractivity contribution >= 4 is 11.5 Å². The Bertz CT molecular complexity index is 1030. The fraction of sp³-hybridized carbons (Fsp3) is 0.423. The molecule has 0 aromatic heterocycles. The fourth-order valence-electron chi connectivity index (χ4n) is 4.43. The predicted octanol–water partition coefficient (Wildman–Crippen LogP) is 5.43. The summed E-state index contributed by atoms with van der Waals surface area (Å²) in [5.41, 5.74) is 5.97. The summed E-state index contributed by atoms with van der Waals surface area (Å²) in [6.45, 7) is 8.63. The standard InChI is InChI=1S/C26H30FNO3/c1-17-4-6-21-19(14-17)16-31-23-7-5-20(27)15-22(23)24(21)18-8-11-28(12-9-18)13-10-26(2,3)25(29)30/h4-7,14-15H,8-13,16H2,1-3H3,(H,29,30). The molecule has 0 bridgehead atoms. The summed E-state index contributed by atoms with van der Waals surface area (Å²) < 4.78 is 20.3. The SMILES string of the molecule is Cc1ccc2c(c1)COc1ccc(F)cc1C2=C1CCN(CCC(C)(C)C(=O)O)CC1. The Morgan fingerprint density at radius 3 is 2.58 bits per heavy atom. The van der Waals surface area contributed by atoms with Crippen molar-refractivity contribution in [2.24, 2.45) is 5.41 Å². The number of carbonyl (C=O) groups is 1. The normalized spacial score (nSPS) is 16.9. The van der Waals surface area contributed by atoms with Crippen LogP contribution in [0.1, 0.15) is 55.4 Å². The van der Waals surface area contributed by atoms with E-state index in [0.717, 1.165) is 60.5 Å². The van der Waals surface area contributed by atoms with E-state index in [9.17, 15) is 14.3 Å². The van der Waals surface area contributed by atoms with Crippen molar-refractivity contribution < 1.29 is 19.0 Å². The van der Waals surface area contributed by atoms with Crippen LogP contribution in [0.4, 0.5) is 4.39 Å². The quantitative estimate of drug-likeness (QED) is 0.713. The van der Waals surface area contributed by atoms with E-state index in [1.807, 2.05) is 0 Å². The summed E-state index contributed by atoms with van der Waals surface area (Å²) in [6, 6.07) is 11.2. The Morgan fingerprint density at radius 1 is 1.13 bits per heavy atom. The highest BCUT2D eigenvalue weighted by Crippen LogP contribution is 2.41. The molecule has 0 saturated carbocycles. The van der Waals surface area contributed by atoms with Crippen LogP contribution in [0, 0.1) is 18.2 Å². The van der Waals surface area contributed by atoms with Crippen LogP contribution in [0.3, 0.4) is 0 Å². The number of hydrogen-bond acceptors (Lipinski definition) is 3. The zero-order valence-electron chi connectivity index (χ0n) is 18.5. The van der Waals surface area contributed by atoms with Crippen LogP contribution in [0.15, 0.2) is 42.0 Å². The van der Waals surface area contributed by atoms with E-state index in [1.165, 1.54) is 17.2 Å². The molecule has 1 N–H and O–H groups in total. The van der Waals surface area contributed by atoms with Crippen LogP contribution in [-0.4, -0.2) is 35.6 Å². The van der Waals surface area contributed by atoms with Gasteiger partial charge in [0, 0.05) is 18.7 Å². The molecule has 2 aromatic rings. The molecule has 4 rings (SSSR count). The molecule has 2 aliphatic heterocycles. The van der Waals surface area contributed by atoms with Crippen LogP contribution in [-0.2, 0) is 11.4 Å². The van der Waals surface area contributed by atoms with Gasteiger partial charge in [-0.25, -0.2) is 4.39 Å². The highest BCUT2D eigenvalue weighted by molar-refractivity contribution is 5.87. The second-order valence-corrected chi connectivity index (χ2v) is 9.35. The highest BCUT2D eigenvalue weighted by atomic mass is 19.1. The topological polar surface area (TPSA) is 49.8 Å². The molecular weight excluding hydrogens is 393 g/mol. The van der Waals surface area contributed by atoms with Crippen molar-refractivity contribution in [1.29, 1.82) is 0 Å². The summed E-state index contributed by atoms with van der Waals surface area (Å²) >= 11 is 0. The maximum atomic E-state index is 14.2. The van der Waals surface area contributed by atoms with E-state index in [1.54, 1.807) is 26.0 Å². The number of benzene rings is 2. The highest BCUT2D eigenvalue weighted by Gasteiger charge is 2.29. The van der Waals surface area contributed by atoms with Crippen LogP contribution < -0.4 is 4.74 Å². The zero-order chi connectivity index (χ0) is 22.2. The van der Waals surface area contributed by atoms with Gasteiger partial charge in [0.2, 0.25) is 0 Å². The van der Waals surface area contributed by atoms with E-state index >= 15 is 0 Å². The minimum Gasteiger partial charge on any atom is -0.488 e. The lowest BCUT2D eigenvalue weighted by atomic mass is 9.85. The van der Waals surface area contributed by atoms with Crippen molar-refractivity contribution in [3.63, 3.8) is 0 Å². The summed E-state index contributed by atoms with van der Waals surface area (Å²) in [5, 5.41) is 9.37. The Morgan fingerprint density at radius 2 is 1.87 bits per heavy atom. The van der Waals surface area contributed by atoms with E-state index in [0.29, 0.717) is 13.0 Å². The maximum Gasteiger partial charge on any atom is 0.309 e. The monoisotopic (exact) mass is 423 g/mol. The smallest absolute Gasteiger partial charge is 0.309 e. The van der Waals surface area contributed by atoms with Gasteiger partial charge in [0.15, 0.2) is 0 Å². The third-order valence-corrected chi connectivity index (χ3v) is 6.57. The van der Waals surface area contributed by atoms with Crippen molar-refractivity contribution in [2.75, 3.05) is 19.6 Å². The molecule has 4 nitrogen and oxygen atoms in total. The van der Waals surface area contributed by atoms with Crippen molar-refractivity contribution in [3.8, 4) is 5.75 Å². The Kier molecular flexibility index (Phi) is 5.89. The van der Waals surface area contributed by atoms with Gasteiger partial charge in [0.25, 0.3) is 0 Å². The molecule has 2 aliphatic rings. The number of aliphatic carboxylic acids is 1. The lowest BCUT2D eigenvalue weighted by Crippen LogP contribution is -2.36. The number of fused-ring (bicyclic) bond motifs is 2. The molecule has 0 radical (unpaired) electrons. The van der Waals surface area contributed by atoms with Gasteiger partial charge in [0.1, 0.15) is 18.2 Å². The van der Waals surface area contributed by atoms with Crippen LogP contribution in [0.2, 0.25) is 0 Å². The summed E-state index contributed by atoms with van der Waals surface area (Å²) in [6.07, 6.45) is 2.39. The average molecular weight is 424 g/mol. The van der Waals surface area contributed by atoms with Gasteiger partial charge in [-0.3, -0.25) is 4.79 Å². The molecule has 0 atom stereocenters. The summed E-state index contributed by atoms with van der Waals surface area (Å²) in [7, 11) is 0. The number of likely N-dealkylation sites (tertiary alicyclic amines) is 1. The third-order valence-electron chi connectivity index (χ3n) is 6.57. The molecule has 2 aromatic carbocycles.